The number of piperidine rings is 1. The van der Waals surface area contributed by atoms with Crippen LogP contribution < -0.4 is 15.4 Å². The minimum atomic E-state index is -0.00855. The third-order valence-electron chi connectivity index (χ3n) is 3.76. The summed E-state index contributed by atoms with van der Waals surface area (Å²) in [4.78, 5) is 14.2. The van der Waals surface area contributed by atoms with Gasteiger partial charge in [-0.15, -0.1) is 0 Å². The van der Waals surface area contributed by atoms with Crippen molar-refractivity contribution in [1.29, 1.82) is 0 Å². The second kappa shape index (κ2) is 8.00. The van der Waals surface area contributed by atoms with Crippen LogP contribution in [-0.4, -0.2) is 51.1 Å². The van der Waals surface area contributed by atoms with Gasteiger partial charge in [-0.1, -0.05) is 12.1 Å². The zero-order chi connectivity index (χ0) is 15.1. The third-order valence-corrected chi connectivity index (χ3v) is 3.76. The zero-order valence-corrected chi connectivity index (χ0v) is 12.9. The van der Waals surface area contributed by atoms with Crippen LogP contribution in [0, 0.1) is 5.92 Å². The lowest BCUT2D eigenvalue weighted by molar-refractivity contribution is -0.117. The smallest absolute Gasteiger partial charge is 0.238 e. The average molecular weight is 291 g/mol. The highest BCUT2D eigenvalue weighted by atomic mass is 16.5. The maximum absolute atomic E-state index is 12.1. The summed E-state index contributed by atoms with van der Waals surface area (Å²) in [5.74, 6) is 1.32. The molecule has 0 spiro atoms. The van der Waals surface area contributed by atoms with Crippen molar-refractivity contribution in [3.63, 3.8) is 0 Å². The molecule has 1 aromatic rings. The molecule has 5 heteroatoms. The Balaban J connectivity index is 1.80. The van der Waals surface area contributed by atoms with Crippen LogP contribution in [0.5, 0.6) is 5.75 Å². The van der Waals surface area contributed by atoms with Gasteiger partial charge in [-0.2, -0.15) is 0 Å². The Bertz CT molecular complexity index is 459. The summed E-state index contributed by atoms with van der Waals surface area (Å²) in [6.45, 7) is 3.52. The number of amides is 1. The van der Waals surface area contributed by atoms with Crippen LogP contribution in [-0.2, 0) is 4.79 Å². The number of carbonyl (C=O) groups excluding carboxylic acids is 1. The Morgan fingerprint density at radius 3 is 3.00 bits per heavy atom. The number of carbonyl (C=O) groups is 1. The van der Waals surface area contributed by atoms with E-state index in [9.17, 15) is 4.79 Å². The molecule has 1 fully saturated rings. The van der Waals surface area contributed by atoms with Crippen LogP contribution >= 0.6 is 0 Å². The summed E-state index contributed by atoms with van der Waals surface area (Å²) in [5, 5.41) is 6.31. The van der Waals surface area contributed by atoms with Gasteiger partial charge in [-0.25, -0.2) is 0 Å². The Hall–Kier alpha value is -1.59. The first-order valence-corrected chi connectivity index (χ1v) is 7.51. The van der Waals surface area contributed by atoms with Crippen LogP contribution in [0.3, 0.4) is 0 Å². The molecule has 1 saturated heterocycles. The van der Waals surface area contributed by atoms with Crippen LogP contribution in [0.2, 0.25) is 0 Å². The molecule has 5 nitrogen and oxygen atoms in total. The van der Waals surface area contributed by atoms with Gasteiger partial charge >= 0.3 is 0 Å². The van der Waals surface area contributed by atoms with Crippen molar-refractivity contribution in [1.82, 2.24) is 10.2 Å². The second-order valence-electron chi connectivity index (χ2n) is 5.66. The maximum atomic E-state index is 12.1. The number of anilines is 1. The van der Waals surface area contributed by atoms with Crippen LogP contribution in [0.25, 0.3) is 0 Å². The lowest BCUT2D eigenvalue weighted by Gasteiger charge is -2.27. The standard InChI is InChI=1S/C16H25N3O2/c1-19(11-13-6-5-9-17-10-13)12-16(20)18-14-7-3-4-8-15(14)21-2/h3-4,7-8,13,17H,5-6,9-12H2,1-2H3,(H,18,20). The average Bonchev–Trinajstić information content (AvgIpc) is 2.48. The molecule has 21 heavy (non-hydrogen) atoms. The molecule has 0 radical (unpaired) electrons. The topological polar surface area (TPSA) is 53.6 Å². The van der Waals surface area contributed by atoms with Gasteiger partial charge in [0.15, 0.2) is 0 Å². The maximum Gasteiger partial charge on any atom is 0.238 e. The number of ether oxygens (including phenoxy) is 1. The predicted molar refractivity (Wildman–Crippen MR) is 84.7 cm³/mol. The summed E-state index contributed by atoms with van der Waals surface area (Å²) in [5.41, 5.74) is 0.720. The number of likely N-dealkylation sites (N-methyl/N-ethyl adjacent to an activating group) is 1. The van der Waals surface area contributed by atoms with Crippen molar-refractivity contribution < 1.29 is 9.53 Å². The number of benzene rings is 1. The van der Waals surface area contributed by atoms with Gasteiger partial charge in [-0.3, -0.25) is 9.69 Å². The van der Waals surface area contributed by atoms with Crippen LogP contribution in [0.15, 0.2) is 24.3 Å². The number of rotatable bonds is 6. The third kappa shape index (κ3) is 5.02. The molecule has 1 unspecified atom stereocenters. The van der Waals surface area contributed by atoms with E-state index in [0.29, 0.717) is 18.2 Å². The van der Waals surface area contributed by atoms with E-state index in [1.807, 2.05) is 31.3 Å². The van der Waals surface area contributed by atoms with E-state index < -0.39 is 0 Å². The van der Waals surface area contributed by atoms with Crippen LogP contribution in [0.4, 0.5) is 5.69 Å². The highest BCUT2D eigenvalue weighted by Gasteiger charge is 2.16. The first-order chi connectivity index (χ1) is 10.2. The molecule has 1 amide bonds. The normalized spacial score (nSPS) is 18.5. The SMILES string of the molecule is COc1ccccc1NC(=O)CN(C)CC1CCCNC1. The minimum Gasteiger partial charge on any atom is -0.495 e. The Morgan fingerprint density at radius 2 is 2.29 bits per heavy atom. The second-order valence-corrected chi connectivity index (χ2v) is 5.66. The molecular weight excluding hydrogens is 266 g/mol. The summed E-state index contributed by atoms with van der Waals surface area (Å²) in [6, 6.07) is 7.46. The van der Waals surface area contributed by atoms with Gasteiger partial charge in [0, 0.05) is 6.54 Å². The van der Waals surface area contributed by atoms with E-state index in [0.717, 1.165) is 25.3 Å². The summed E-state index contributed by atoms with van der Waals surface area (Å²) in [6.07, 6.45) is 2.47. The first-order valence-electron chi connectivity index (χ1n) is 7.51. The largest absolute Gasteiger partial charge is 0.495 e. The molecule has 2 rings (SSSR count). The number of nitrogens with zero attached hydrogens (tertiary/aromatic N) is 1. The summed E-state index contributed by atoms with van der Waals surface area (Å²) < 4.78 is 5.24. The first kappa shape index (κ1) is 15.8. The molecule has 0 saturated carbocycles. The van der Waals surface area contributed by atoms with Gasteiger partial charge in [0.05, 0.1) is 19.3 Å². The molecule has 116 valence electrons. The summed E-state index contributed by atoms with van der Waals surface area (Å²) in [7, 11) is 3.60. The molecule has 1 aliphatic rings. The molecule has 2 N–H and O–H groups in total. The van der Waals surface area contributed by atoms with Crippen molar-refractivity contribution in [2.75, 3.05) is 45.7 Å². The van der Waals surface area contributed by atoms with Crippen molar-refractivity contribution in [3.05, 3.63) is 24.3 Å². The fraction of sp³-hybridized carbons (Fsp3) is 0.562. The lowest BCUT2D eigenvalue weighted by atomic mass is 9.99. The quantitative estimate of drug-likeness (QED) is 0.835. The predicted octanol–water partition coefficient (Wildman–Crippen LogP) is 1.57. The van der Waals surface area contributed by atoms with Gasteiger partial charge in [-0.05, 0) is 51.0 Å². The number of methoxy groups -OCH3 is 1. The molecular formula is C16H25N3O2. The fourth-order valence-electron chi connectivity index (χ4n) is 2.77. The molecule has 0 aliphatic carbocycles. The van der Waals surface area contributed by atoms with Gasteiger partial charge in [0.25, 0.3) is 0 Å². The van der Waals surface area contributed by atoms with Crippen molar-refractivity contribution >= 4 is 11.6 Å². The number of hydrogen-bond acceptors (Lipinski definition) is 4. The molecule has 0 aromatic heterocycles. The van der Waals surface area contributed by atoms with Gasteiger partial charge in [0.2, 0.25) is 5.91 Å². The van der Waals surface area contributed by atoms with Crippen molar-refractivity contribution in [2.24, 2.45) is 5.92 Å². The Labute approximate surface area is 126 Å². The minimum absolute atomic E-state index is 0.00855. The highest BCUT2D eigenvalue weighted by Crippen LogP contribution is 2.22. The lowest BCUT2D eigenvalue weighted by Crippen LogP contribution is -2.39. The Morgan fingerprint density at radius 1 is 1.48 bits per heavy atom. The molecule has 1 heterocycles. The molecule has 1 aliphatic heterocycles. The fourth-order valence-corrected chi connectivity index (χ4v) is 2.77. The van der Waals surface area contributed by atoms with E-state index in [1.165, 1.54) is 12.8 Å². The van der Waals surface area contributed by atoms with E-state index in [2.05, 4.69) is 15.5 Å². The number of hydrogen-bond donors (Lipinski definition) is 2. The highest BCUT2D eigenvalue weighted by molar-refractivity contribution is 5.93. The van der Waals surface area contributed by atoms with Crippen molar-refractivity contribution in [3.8, 4) is 5.75 Å². The van der Waals surface area contributed by atoms with E-state index in [4.69, 9.17) is 4.74 Å². The van der Waals surface area contributed by atoms with Crippen LogP contribution in [0.1, 0.15) is 12.8 Å². The zero-order valence-electron chi connectivity index (χ0n) is 12.9. The monoisotopic (exact) mass is 291 g/mol. The Kier molecular flexibility index (Phi) is 6.02. The van der Waals surface area contributed by atoms with Crippen molar-refractivity contribution in [2.45, 2.75) is 12.8 Å². The molecule has 1 aromatic carbocycles. The molecule has 1 atom stereocenters. The van der Waals surface area contributed by atoms with E-state index >= 15 is 0 Å². The van der Waals surface area contributed by atoms with Gasteiger partial charge in [0.1, 0.15) is 5.75 Å². The van der Waals surface area contributed by atoms with Gasteiger partial charge < -0.3 is 15.4 Å². The van der Waals surface area contributed by atoms with E-state index in [-0.39, 0.29) is 5.91 Å². The number of para-hydroxylation sites is 2. The van der Waals surface area contributed by atoms with E-state index in [1.54, 1.807) is 7.11 Å². The summed E-state index contributed by atoms with van der Waals surface area (Å²) >= 11 is 0. The molecule has 0 bridgehead atoms. The number of nitrogens with one attached hydrogen (secondary N) is 2.